The van der Waals surface area contributed by atoms with E-state index in [2.05, 4.69) is 40.7 Å². The Hall–Kier alpha value is -1.65. The Bertz CT molecular complexity index is 722. The third kappa shape index (κ3) is 2.18. The van der Waals surface area contributed by atoms with Gasteiger partial charge in [-0.1, -0.05) is 13.0 Å². The summed E-state index contributed by atoms with van der Waals surface area (Å²) < 4.78 is 0. The molecular weight excluding hydrogens is 292 g/mol. The summed E-state index contributed by atoms with van der Waals surface area (Å²) in [4.78, 5) is 16.5. The van der Waals surface area contributed by atoms with E-state index in [1.165, 1.54) is 21.6 Å². The molecule has 3 heterocycles. The van der Waals surface area contributed by atoms with Crippen molar-refractivity contribution < 1.29 is 4.79 Å². The van der Waals surface area contributed by atoms with Crippen LogP contribution in [0.3, 0.4) is 0 Å². The lowest BCUT2D eigenvalue weighted by Gasteiger charge is -2.35. The molecule has 0 fully saturated rings. The first-order valence-electron chi connectivity index (χ1n) is 7.97. The Kier molecular flexibility index (Phi) is 3.51. The molecule has 0 spiro atoms. The fourth-order valence-electron chi connectivity index (χ4n) is 3.67. The number of rotatable bonds is 2. The van der Waals surface area contributed by atoms with Gasteiger partial charge in [0.2, 0.25) is 0 Å². The van der Waals surface area contributed by atoms with Gasteiger partial charge in [0, 0.05) is 30.1 Å². The van der Waals surface area contributed by atoms with Gasteiger partial charge in [-0.05, 0) is 53.1 Å². The van der Waals surface area contributed by atoms with Crippen molar-refractivity contribution >= 4 is 17.2 Å². The van der Waals surface area contributed by atoms with Crippen LogP contribution < -0.4 is 5.32 Å². The van der Waals surface area contributed by atoms with Crippen LogP contribution in [0.4, 0.5) is 0 Å². The van der Waals surface area contributed by atoms with Crippen LogP contribution in [0.1, 0.15) is 51.3 Å². The second kappa shape index (κ2) is 5.52. The Morgan fingerprint density at radius 1 is 1.32 bits per heavy atom. The van der Waals surface area contributed by atoms with Crippen molar-refractivity contribution in [2.75, 3.05) is 6.54 Å². The number of thiophene rings is 1. The van der Waals surface area contributed by atoms with Gasteiger partial charge in [0.05, 0.1) is 6.04 Å². The molecule has 114 valence electrons. The zero-order valence-corrected chi connectivity index (χ0v) is 13.6. The highest BCUT2D eigenvalue weighted by molar-refractivity contribution is 7.10. The van der Waals surface area contributed by atoms with Crippen LogP contribution in [0.2, 0.25) is 0 Å². The molecule has 4 heteroatoms. The van der Waals surface area contributed by atoms with E-state index in [0.717, 1.165) is 38.0 Å². The molecule has 1 amide bonds. The van der Waals surface area contributed by atoms with Gasteiger partial charge < -0.3 is 10.2 Å². The van der Waals surface area contributed by atoms with E-state index < -0.39 is 0 Å². The third-order valence-electron chi connectivity index (χ3n) is 4.83. The maximum absolute atomic E-state index is 13.0. The average molecular weight is 312 g/mol. The second-order valence-corrected chi connectivity index (χ2v) is 7.06. The van der Waals surface area contributed by atoms with Crippen molar-refractivity contribution in [3.05, 3.63) is 56.8 Å². The molecule has 1 atom stereocenters. The first kappa shape index (κ1) is 14.0. The molecule has 4 rings (SSSR count). The van der Waals surface area contributed by atoms with Crippen LogP contribution in [0, 0.1) is 0 Å². The molecule has 1 aromatic carbocycles. The minimum absolute atomic E-state index is 0.179. The van der Waals surface area contributed by atoms with Crippen LogP contribution in [0.5, 0.6) is 0 Å². The second-order valence-electron chi connectivity index (χ2n) is 6.06. The van der Waals surface area contributed by atoms with Crippen molar-refractivity contribution in [1.29, 1.82) is 0 Å². The molecule has 0 bridgehead atoms. The van der Waals surface area contributed by atoms with Crippen LogP contribution >= 0.6 is 11.3 Å². The fraction of sp³-hybridized carbons (Fsp3) is 0.389. The average Bonchev–Trinajstić information content (AvgIpc) is 3.20. The van der Waals surface area contributed by atoms with Gasteiger partial charge in [-0.3, -0.25) is 4.79 Å². The first-order chi connectivity index (χ1) is 10.8. The number of carbonyl (C=O) groups excluding carboxylic acids is 1. The Morgan fingerprint density at radius 3 is 3.05 bits per heavy atom. The predicted octanol–water partition coefficient (Wildman–Crippen LogP) is 3.50. The van der Waals surface area contributed by atoms with Gasteiger partial charge >= 0.3 is 0 Å². The molecule has 1 aromatic heterocycles. The van der Waals surface area contributed by atoms with Crippen molar-refractivity contribution in [3.63, 3.8) is 0 Å². The highest BCUT2D eigenvalue weighted by Crippen LogP contribution is 2.36. The summed E-state index contributed by atoms with van der Waals surface area (Å²) in [6.45, 7) is 4.80. The minimum Gasteiger partial charge on any atom is -0.331 e. The SMILES string of the molecule is CCC1c2ccsc2CCN1C(=O)c1ccc2c(c1)CNC2. The van der Waals surface area contributed by atoms with E-state index in [1.54, 1.807) is 0 Å². The normalized spacial score (nSPS) is 19.9. The van der Waals surface area contributed by atoms with Gasteiger partial charge in [0.1, 0.15) is 0 Å². The molecule has 1 N–H and O–H groups in total. The number of nitrogens with one attached hydrogen (secondary N) is 1. The molecule has 0 saturated heterocycles. The monoisotopic (exact) mass is 312 g/mol. The molecule has 1 unspecified atom stereocenters. The minimum atomic E-state index is 0.179. The first-order valence-corrected chi connectivity index (χ1v) is 8.85. The molecule has 2 aromatic rings. The van der Waals surface area contributed by atoms with E-state index in [-0.39, 0.29) is 11.9 Å². The number of carbonyl (C=O) groups is 1. The van der Waals surface area contributed by atoms with Gasteiger partial charge in [-0.15, -0.1) is 11.3 Å². The maximum atomic E-state index is 13.0. The van der Waals surface area contributed by atoms with Crippen LogP contribution in [0.25, 0.3) is 0 Å². The number of amides is 1. The quantitative estimate of drug-likeness (QED) is 0.920. The predicted molar refractivity (Wildman–Crippen MR) is 89.1 cm³/mol. The molecule has 0 aliphatic carbocycles. The molecule has 2 aliphatic rings. The lowest BCUT2D eigenvalue weighted by molar-refractivity contribution is 0.0657. The standard InChI is InChI=1S/C18H20N2OS/c1-2-16-15-6-8-22-17(15)5-7-20(16)18(21)12-3-4-13-10-19-11-14(13)9-12/h3-4,6,8-9,16,19H,2,5,7,10-11H2,1H3. The number of hydrogen-bond donors (Lipinski definition) is 1. The zero-order chi connectivity index (χ0) is 15.1. The van der Waals surface area contributed by atoms with Crippen molar-refractivity contribution in [1.82, 2.24) is 10.2 Å². The molecule has 22 heavy (non-hydrogen) atoms. The summed E-state index contributed by atoms with van der Waals surface area (Å²) in [6, 6.07) is 8.59. The number of benzene rings is 1. The van der Waals surface area contributed by atoms with Gasteiger partial charge in [0.15, 0.2) is 0 Å². The van der Waals surface area contributed by atoms with Crippen LogP contribution in [-0.2, 0) is 19.5 Å². The molecule has 3 nitrogen and oxygen atoms in total. The van der Waals surface area contributed by atoms with E-state index in [9.17, 15) is 4.79 Å². The van der Waals surface area contributed by atoms with Gasteiger partial charge in [0.25, 0.3) is 5.91 Å². The Balaban J connectivity index is 1.65. The lowest BCUT2D eigenvalue weighted by atomic mass is 9.96. The maximum Gasteiger partial charge on any atom is 0.254 e. The van der Waals surface area contributed by atoms with E-state index >= 15 is 0 Å². The molecule has 0 radical (unpaired) electrons. The molecular formula is C18H20N2OS. The van der Waals surface area contributed by atoms with E-state index in [1.807, 2.05) is 17.4 Å². The summed E-state index contributed by atoms with van der Waals surface area (Å²) >= 11 is 1.82. The van der Waals surface area contributed by atoms with E-state index in [0.29, 0.717) is 0 Å². The summed E-state index contributed by atoms with van der Waals surface area (Å²) in [7, 11) is 0. The number of fused-ring (bicyclic) bond motifs is 2. The third-order valence-corrected chi connectivity index (χ3v) is 5.82. The van der Waals surface area contributed by atoms with E-state index in [4.69, 9.17) is 0 Å². The number of hydrogen-bond acceptors (Lipinski definition) is 3. The summed E-state index contributed by atoms with van der Waals surface area (Å²) in [5.41, 5.74) is 4.78. The summed E-state index contributed by atoms with van der Waals surface area (Å²) in [5.74, 6) is 0.179. The Morgan fingerprint density at radius 2 is 2.18 bits per heavy atom. The lowest BCUT2D eigenvalue weighted by Crippen LogP contribution is -2.39. The largest absolute Gasteiger partial charge is 0.331 e. The summed E-state index contributed by atoms with van der Waals surface area (Å²) in [6.07, 6.45) is 1.96. The van der Waals surface area contributed by atoms with Gasteiger partial charge in [-0.25, -0.2) is 0 Å². The Labute approximate surface area is 135 Å². The summed E-state index contributed by atoms with van der Waals surface area (Å²) in [5, 5.41) is 5.49. The van der Waals surface area contributed by atoms with Crippen LogP contribution in [-0.4, -0.2) is 17.4 Å². The van der Waals surface area contributed by atoms with Crippen molar-refractivity contribution in [3.8, 4) is 0 Å². The number of nitrogens with zero attached hydrogens (tertiary/aromatic N) is 1. The fourth-order valence-corrected chi connectivity index (χ4v) is 4.60. The topological polar surface area (TPSA) is 32.3 Å². The van der Waals surface area contributed by atoms with Crippen molar-refractivity contribution in [2.24, 2.45) is 0 Å². The van der Waals surface area contributed by atoms with Crippen molar-refractivity contribution in [2.45, 2.75) is 38.9 Å². The highest BCUT2D eigenvalue weighted by Gasteiger charge is 2.31. The molecule has 2 aliphatic heterocycles. The zero-order valence-electron chi connectivity index (χ0n) is 12.8. The van der Waals surface area contributed by atoms with Gasteiger partial charge in [-0.2, -0.15) is 0 Å². The smallest absolute Gasteiger partial charge is 0.254 e. The highest BCUT2D eigenvalue weighted by atomic mass is 32.1. The molecule has 0 saturated carbocycles. The van der Waals surface area contributed by atoms with Crippen LogP contribution in [0.15, 0.2) is 29.6 Å².